The molecule has 0 saturated carbocycles. The summed E-state index contributed by atoms with van der Waals surface area (Å²) in [6.45, 7) is 0. The van der Waals surface area contributed by atoms with E-state index >= 15 is 0 Å². The number of rotatable bonds is 5. The molecule has 4 rings (SSSR count). The summed E-state index contributed by atoms with van der Waals surface area (Å²) in [6.07, 6.45) is 0.187. The van der Waals surface area contributed by atoms with Crippen LogP contribution in [0.25, 0.3) is 21.8 Å². The number of hydrogen-bond donors (Lipinski definition) is 1. The normalized spacial score (nSPS) is 10.8. The fourth-order valence-corrected chi connectivity index (χ4v) is 4.42. The van der Waals surface area contributed by atoms with Crippen molar-refractivity contribution in [1.29, 1.82) is 0 Å². The van der Waals surface area contributed by atoms with Crippen molar-refractivity contribution in [2.45, 2.75) is 6.42 Å². The number of hydrogen-bond acceptors (Lipinski definition) is 5. The highest BCUT2D eigenvalue weighted by Crippen LogP contribution is 2.28. The molecule has 0 aliphatic carbocycles. The number of carbonyl (C=O) groups excluding carboxylic acids is 1. The molecule has 2 aromatic heterocycles. The van der Waals surface area contributed by atoms with Crippen LogP contribution in [-0.2, 0) is 11.2 Å². The molecule has 140 valence electrons. The van der Waals surface area contributed by atoms with Gasteiger partial charge in [0, 0.05) is 31.9 Å². The number of anilines is 1. The molecule has 1 amide bonds. The molecule has 1 N–H and O–H groups in total. The predicted molar refractivity (Wildman–Crippen MR) is 117 cm³/mol. The van der Waals surface area contributed by atoms with Crippen LogP contribution in [0.4, 0.5) is 5.13 Å². The second-order valence-corrected chi connectivity index (χ2v) is 8.51. The molecule has 0 radical (unpaired) electrons. The molecule has 0 aliphatic heterocycles. The molecule has 2 aromatic carbocycles. The average molecular weight is 446 g/mol. The minimum atomic E-state index is -0.153. The van der Waals surface area contributed by atoms with Crippen molar-refractivity contribution in [2.24, 2.45) is 0 Å². The summed E-state index contributed by atoms with van der Waals surface area (Å²) < 4.78 is 0. The van der Waals surface area contributed by atoms with Gasteiger partial charge in [-0.15, -0.1) is 22.7 Å². The van der Waals surface area contributed by atoms with Crippen LogP contribution in [0.1, 0.15) is 5.69 Å². The Hall–Kier alpha value is -2.25. The van der Waals surface area contributed by atoms with E-state index in [4.69, 9.17) is 23.2 Å². The van der Waals surface area contributed by atoms with Crippen molar-refractivity contribution in [3.63, 3.8) is 0 Å². The Kier molecular flexibility index (Phi) is 5.73. The van der Waals surface area contributed by atoms with E-state index in [1.165, 1.54) is 22.7 Å². The first-order valence-electron chi connectivity index (χ1n) is 8.28. The van der Waals surface area contributed by atoms with Crippen LogP contribution in [0.2, 0.25) is 10.0 Å². The van der Waals surface area contributed by atoms with E-state index in [1.54, 1.807) is 0 Å². The monoisotopic (exact) mass is 445 g/mol. The largest absolute Gasteiger partial charge is 0.302 e. The maximum absolute atomic E-state index is 12.4. The second kappa shape index (κ2) is 8.41. The Labute approximate surface area is 179 Å². The van der Waals surface area contributed by atoms with Crippen molar-refractivity contribution in [1.82, 2.24) is 9.97 Å². The van der Waals surface area contributed by atoms with E-state index in [-0.39, 0.29) is 12.3 Å². The molecule has 8 heteroatoms. The smallest absolute Gasteiger partial charge is 0.232 e. The first-order valence-corrected chi connectivity index (χ1v) is 10.8. The fourth-order valence-electron chi connectivity index (χ4n) is 2.55. The van der Waals surface area contributed by atoms with Crippen LogP contribution in [0.5, 0.6) is 0 Å². The van der Waals surface area contributed by atoms with Gasteiger partial charge in [0.1, 0.15) is 5.01 Å². The Bertz CT molecular complexity index is 1120. The number of halogens is 2. The van der Waals surface area contributed by atoms with Gasteiger partial charge in [-0.25, -0.2) is 9.97 Å². The molecule has 0 atom stereocenters. The van der Waals surface area contributed by atoms with E-state index in [0.29, 0.717) is 20.9 Å². The van der Waals surface area contributed by atoms with Gasteiger partial charge >= 0.3 is 0 Å². The maximum atomic E-state index is 12.4. The Morgan fingerprint density at radius 3 is 2.54 bits per heavy atom. The summed E-state index contributed by atoms with van der Waals surface area (Å²) in [6, 6.07) is 14.9. The van der Waals surface area contributed by atoms with Crippen molar-refractivity contribution in [2.75, 3.05) is 5.32 Å². The number of benzene rings is 2. The topological polar surface area (TPSA) is 54.9 Å². The van der Waals surface area contributed by atoms with Gasteiger partial charge in [-0.2, -0.15) is 0 Å². The first-order chi connectivity index (χ1) is 13.6. The van der Waals surface area contributed by atoms with Gasteiger partial charge < -0.3 is 5.32 Å². The third-order valence-electron chi connectivity index (χ3n) is 3.86. The number of aromatic nitrogens is 2. The standard InChI is InChI=1S/C20H13Cl2N3OS2/c21-14-6-4-12(5-7-14)17-11-28-20(24-17)25-18(26)9-16-10-27-19(23-16)13-2-1-3-15(22)8-13/h1-8,10-11H,9H2,(H,24,25,26). The summed E-state index contributed by atoms with van der Waals surface area (Å²) in [5, 5.41) is 9.35. The Morgan fingerprint density at radius 2 is 1.75 bits per heavy atom. The molecule has 0 saturated heterocycles. The lowest BCUT2D eigenvalue weighted by Crippen LogP contribution is -2.14. The van der Waals surface area contributed by atoms with Gasteiger partial charge in [-0.1, -0.05) is 47.5 Å². The third-order valence-corrected chi connectivity index (χ3v) is 6.04. The Balaban J connectivity index is 1.40. The van der Waals surface area contributed by atoms with Crippen LogP contribution < -0.4 is 5.32 Å². The van der Waals surface area contributed by atoms with Crippen LogP contribution in [0, 0.1) is 0 Å². The molecular weight excluding hydrogens is 433 g/mol. The number of nitrogens with zero attached hydrogens (tertiary/aromatic N) is 2. The SMILES string of the molecule is O=C(Cc1csc(-c2cccc(Cl)c2)n1)Nc1nc(-c2ccc(Cl)cc2)cs1. The summed E-state index contributed by atoms with van der Waals surface area (Å²) in [7, 11) is 0. The highest BCUT2D eigenvalue weighted by Gasteiger charge is 2.12. The van der Waals surface area contributed by atoms with Crippen LogP contribution in [0.3, 0.4) is 0 Å². The minimum Gasteiger partial charge on any atom is -0.302 e. The molecule has 28 heavy (non-hydrogen) atoms. The molecule has 0 unspecified atom stereocenters. The third kappa shape index (κ3) is 4.59. The van der Waals surface area contributed by atoms with Gasteiger partial charge in [-0.05, 0) is 24.3 Å². The molecule has 0 fully saturated rings. The van der Waals surface area contributed by atoms with Crippen LogP contribution in [0.15, 0.2) is 59.3 Å². The number of thiazole rings is 2. The summed E-state index contributed by atoms with van der Waals surface area (Å²) >= 11 is 14.8. The van der Waals surface area contributed by atoms with E-state index in [0.717, 1.165) is 21.8 Å². The lowest BCUT2D eigenvalue weighted by molar-refractivity contribution is -0.115. The lowest BCUT2D eigenvalue weighted by atomic mass is 10.2. The lowest BCUT2D eigenvalue weighted by Gasteiger charge is -2.00. The van der Waals surface area contributed by atoms with Crippen LogP contribution in [-0.4, -0.2) is 15.9 Å². The predicted octanol–water partition coefficient (Wildman–Crippen LogP) is 6.42. The highest BCUT2D eigenvalue weighted by molar-refractivity contribution is 7.14. The second-order valence-electron chi connectivity index (χ2n) is 5.92. The summed E-state index contributed by atoms with van der Waals surface area (Å²) in [4.78, 5) is 21.4. The number of carbonyl (C=O) groups is 1. The van der Waals surface area contributed by atoms with Crippen LogP contribution >= 0.6 is 45.9 Å². The van der Waals surface area contributed by atoms with Gasteiger partial charge in [0.25, 0.3) is 0 Å². The van der Waals surface area contributed by atoms with E-state index < -0.39 is 0 Å². The zero-order valence-electron chi connectivity index (χ0n) is 14.4. The highest BCUT2D eigenvalue weighted by atomic mass is 35.5. The molecule has 2 heterocycles. The number of nitrogens with one attached hydrogen (secondary N) is 1. The van der Waals surface area contributed by atoms with Gasteiger partial charge in [0.2, 0.25) is 5.91 Å². The number of amides is 1. The molecular formula is C20H13Cl2N3OS2. The summed E-state index contributed by atoms with van der Waals surface area (Å²) in [5.74, 6) is -0.153. The zero-order chi connectivity index (χ0) is 19.5. The Morgan fingerprint density at radius 1 is 0.929 bits per heavy atom. The van der Waals surface area contributed by atoms with Gasteiger partial charge in [-0.3, -0.25) is 4.79 Å². The van der Waals surface area contributed by atoms with Gasteiger partial charge in [0.05, 0.1) is 17.8 Å². The zero-order valence-corrected chi connectivity index (χ0v) is 17.5. The van der Waals surface area contributed by atoms with E-state index in [9.17, 15) is 4.79 Å². The van der Waals surface area contributed by atoms with E-state index in [2.05, 4.69) is 15.3 Å². The van der Waals surface area contributed by atoms with Crippen molar-refractivity contribution < 1.29 is 4.79 Å². The molecule has 4 nitrogen and oxygen atoms in total. The van der Waals surface area contributed by atoms with Gasteiger partial charge in [0.15, 0.2) is 5.13 Å². The molecule has 0 bridgehead atoms. The maximum Gasteiger partial charge on any atom is 0.232 e. The average Bonchev–Trinajstić information content (AvgIpc) is 3.32. The molecule has 0 spiro atoms. The first kappa shape index (κ1) is 19.1. The fraction of sp³-hybridized carbons (Fsp3) is 0.0500. The van der Waals surface area contributed by atoms with Crippen molar-refractivity contribution in [3.8, 4) is 21.8 Å². The van der Waals surface area contributed by atoms with Crippen molar-refractivity contribution in [3.05, 3.63) is 75.0 Å². The minimum absolute atomic E-state index is 0.153. The molecule has 0 aliphatic rings. The van der Waals surface area contributed by atoms with Crippen molar-refractivity contribution >= 4 is 56.9 Å². The summed E-state index contributed by atoms with van der Waals surface area (Å²) in [5.41, 5.74) is 3.41. The quantitative estimate of drug-likeness (QED) is 0.385. The molecule has 4 aromatic rings. The van der Waals surface area contributed by atoms with E-state index in [1.807, 2.05) is 59.3 Å².